The minimum atomic E-state index is -1.53. The van der Waals surface area contributed by atoms with E-state index in [0.29, 0.717) is 13.0 Å². The number of hydrogen-bond donors (Lipinski definition) is 2. The Hall–Kier alpha value is -2.94. The molecule has 1 aromatic carbocycles. The minimum absolute atomic E-state index is 0.00462. The first-order chi connectivity index (χ1) is 13.9. The number of benzene rings is 1. The van der Waals surface area contributed by atoms with Crippen LogP contribution in [0.5, 0.6) is 0 Å². The molecular weight excluding hydrogens is 388 g/mol. The highest BCUT2D eigenvalue weighted by molar-refractivity contribution is 5.92. The molecule has 2 aromatic rings. The maximum Gasteiger partial charge on any atom is 0.272 e. The number of imidazole rings is 1. The Morgan fingerprint density at radius 1 is 1.24 bits per heavy atom. The number of carbonyl (C=O) groups excluding carboxylic acids is 1. The molecule has 5 nitrogen and oxygen atoms in total. The van der Waals surface area contributed by atoms with E-state index in [4.69, 9.17) is 0 Å². The average molecular weight is 406 g/mol. The minimum Gasteiger partial charge on any atom is -0.341 e. The highest BCUT2D eigenvalue weighted by Crippen LogP contribution is 2.29. The Labute approximate surface area is 164 Å². The van der Waals surface area contributed by atoms with Crippen LogP contribution in [0.25, 0.3) is 0 Å². The third-order valence-electron chi connectivity index (χ3n) is 5.05. The number of halogens is 4. The van der Waals surface area contributed by atoms with Crippen LogP contribution < -0.4 is 10.6 Å². The Morgan fingerprint density at radius 2 is 2.00 bits per heavy atom. The summed E-state index contributed by atoms with van der Waals surface area (Å²) in [5.74, 6) is -5.06. The van der Waals surface area contributed by atoms with Crippen molar-refractivity contribution in [3.05, 3.63) is 76.4 Å². The van der Waals surface area contributed by atoms with Gasteiger partial charge in [-0.3, -0.25) is 4.79 Å². The van der Waals surface area contributed by atoms with Gasteiger partial charge in [-0.2, -0.15) is 0 Å². The number of nitrogens with zero attached hydrogens (tertiary/aromatic N) is 2. The van der Waals surface area contributed by atoms with Crippen molar-refractivity contribution < 1.29 is 22.4 Å². The van der Waals surface area contributed by atoms with Gasteiger partial charge in [0.2, 0.25) is 0 Å². The van der Waals surface area contributed by atoms with Crippen molar-refractivity contribution in [3.8, 4) is 0 Å². The normalized spacial score (nSPS) is 19.0. The molecule has 9 heteroatoms. The first kappa shape index (κ1) is 19.4. The third-order valence-corrected chi connectivity index (χ3v) is 5.05. The van der Waals surface area contributed by atoms with E-state index in [2.05, 4.69) is 15.6 Å². The van der Waals surface area contributed by atoms with Gasteiger partial charge in [0.25, 0.3) is 5.91 Å². The lowest BCUT2D eigenvalue weighted by molar-refractivity contribution is 0.0933. The smallest absolute Gasteiger partial charge is 0.272 e. The van der Waals surface area contributed by atoms with Gasteiger partial charge in [-0.15, -0.1) is 0 Å². The number of aromatic nitrogens is 2. The fourth-order valence-corrected chi connectivity index (χ4v) is 3.57. The molecule has 1 amide bonds. The van der Waals surface area contributed by atoms with Crippen molar-refractivity contribution >= 4 is 5.91 Å². The molecule has 1 aliphatic heterocycles. The van der Waals surface area contributed by atoms with Crippen LogP contribution in [0, 0.1) is 17.5 Å². The molecule has 152 valence electrons. The molecule has 2 heterocycles. The number of amides is 1. The van der Waals surface area contributed by atoms with Gasteiger partial charge in [0.05, 0.1) is 12.4 Å². The third kappa shape index (κ3) is 4.09. The quantitative estimate of drug-likeness (QED) is 0.606. The Balaban J connectivity index is 1.43. The van der Waals surface area contributed by atoms with E-state index in [1.54, 1.807) is 0 Å². The van der Waals surface area contributed by atoms with Crippen LogP contribution in [-0.4, -0.2) is 34.6 Å². The van der Waals surface area contributed by atoms with Crippen molar-refractivity contribution in [3.63, 3.8) is 0 Å². The molecule has 0 bridgehead atoms. The van der Waals surface area contributed by atoms with Crippen molar-refractivity contribution in [2.24, 2.45) is 0 Å². The van der Waals surface area contributed by atoms with Gasteiger partial charge in [-0.1, -0.05) is 5.57 Å². The van der Waals surface area contributed by atoms with Crippen molar-refractivity contribution in [2.75, 3.05) is 13.1 Å². The summed E-state index contributed by atoms with van der Waals surface area (Å²) in [6.45, 7) is 1.44. The number of nitrogens with one attached hydrogen (secondary N) is 2. The molecule has 1 aliphatic carbocycles. The van der Waals surface area contributed by atoms with Gasteiger partial charge in [0, 0.05) is 19.3 Å². The number of hydrogen-bond acceptors (Lipinski definition) is 3. The summed E-state index contributed by atoms with van der Waals surface area (Å²) in [5, 5.41) is 5.82. The molecule has 1 atom stereocenters. The summed E-state index contributed by atoms with van der Waals surface area (Å²) in [7, 11) is 0. The van der Waals surface area contributed by atoms with Crippen LogP contribution in [-0.2, 0) is 6.54 Å². The van der Waals surface area contributed by atoms with E-state index in [1.165, 1.54) is 23.2 Å². The van der Waals surface area contributed by atoms with Gasteiger partial charge < -0.3 is 15.2 Å². The summed E-state index contributed by atoms with van der Waals surface area (Å²) in [6.07, 6.45) is 5.39. The van der Waals surface area contributed by atoms with Crippen LogP contribution in [0.3, 0.4) is 0 Å². The molecule has 2 aliphatic rings. The summed E-state index contributed by atoms with van der Waals surface area (Å²) in [4.78, 5) is 16.4. The largest absolute Gasteiger partial charge is 0.341 e. The van der Waals surface area contributed by atoms with Gasteiger partial charge in [0.15, 0.2) is 17.5 Å². The Bertz CT molecular complexity index is 1000. The van der Waals surface area contributed by atoms with Crippen molar-refractivity contribution in [1.82, 2.24) is 20.2 Å². The number of carbonyl (C=O) groups is 1. The Kier molecular flexibility index (Phi) is 5.23. The predicted octanol–water partition coefficient (Wildman–Crippen LogP) is 2.99. The number of rotatable bonds is 4. The van der Waals surface area contributed by atoms with E-state index < -0.39 is 35.2 Å². The second kappa shape index (κ2) is 7.82. The first-order valence-electron chi connectivity index (χ1n) is 9.15. The first-order valence-corrected chi connectivity index (χ1v) is 9.15. The molecule has 0 saturated carbocycles. The van der Waals surface area contributed by atoms with Gasteiger partial charge in [0.1, 0.15) is 11.5 Å². The van der Waals surface area contributed by atoms with Crippen LogP contribution in [0.2, 0.25) is 0 Å². The molecule has 29 heavy (non-hydrogen) atoms. The van der Waals surface area contributed by atoms with E-state index >= 15 is 0 Å². The fourth-order valence-electron chi connectivity index (χ4n) is 3.57. The zero-order chi connectivity index (χ0) is 20.5. The van der Waals surface area contributed by atoms with Crippen molar-refractivity contribution in [1.29, 1.82) is 0 Å². The molecule has 0 spiro atoms. The maximum absolute atomic E-state index is 14.4. The Morgan fingerprint density at radius 3 is 2.76 bits per heavy atom. The van der Waals surface area contributed by atoms with E-state index in [0.717, 1.165) is 36.2 Å². The lowest BCUT2D eigenvalue weighted by atomic mass is 9.89. The predicted molar refractivity (Wildman–Crippen MR) is 97.2 cm³/mol. The summed E-state index contributed by atoms with van der Waals surface area (Å²) < 4.78 is 55.5. The van der Waals surface area contributed by atoms with Crippen molar-refractivity contribution in [2.45, 2.75) is 25.4 Å². The molecule has 4 rings (SSSR count). The van der Waals surface area contributed by atoms with Crippen LogP contribution >= 0.6 is 0 Å². The van der Waals surface area contributed by atoms with Gasteiger partial charge in [-0.05, 0) is 48.7 Å². The molecule has 0 fully saturated rings. The molecule has 1 aromatic heterocycles. The molecule has 1 unspecified atom stereocenters. The van der Waals surface area contributed by atoms with Crippen LogP contribution in [0.4, 0.5) is 17.6 Å². The lowest BCUT2D eigenvalue weighted by Gasteiger charge is -2.28. The van der Waals surface area contributed by atoms with E-state index in [9.17, 15) is 22.4 Å². The molecule has 0 radical (unpaired) electrons. The fraction of sp³-hybridized carbons (Fsp3) is 0.300. The maximum atomic E-state index is 14.4. The average Bonchev–Trinajstić information content (AvgIpc) is 3.15. The van der Waals surface area contributed by atoms with Crippen LogP contribution in [0.15, 0.2) is 47.7 Å². The zero-order valence-electron chi connectivity index (χ0n) is 15.3. The highest BCUT2D eigenvalue weighted by Gasteiger charge is 2.27. The molecular formula is C20H18F4N4O. The summed E-state index contributed by atoms with van der Waals surface area (Å²) >= 11 is 0. The van der Waals surface area contributed by atoms with E-state index in [1.807, 2.05) is 0 Å². The van der Waals surface area contributed by atoms with Gasteiger partial charge >= 0.3 is 0 Å². The summed E-state index contributed by atoms with van der Waals surface area (Å²) in [5.41, 5.74) is 2.28. The standard InChI is InChI=1S/C20H18F4N4O/c21-14-5-13-7-25-2-1-12(13)6-17(14)27-20(29)18-9-28(10-26-18)8-11-3-15(22)19(24)16(23)4-11/h3-5,9-10,17,25H,1-2,6-8H2,(H,27,29). The monoisotopic (exact) mass is 406 g/mol. The second-order valence-corrected chi connectivity index (χ2v) is 7.12. The SMILES string of the molecule is O=C(NC1CC2=C(C=C1F)CNCC2)c1cn(Cc2cc(F)c(F)c(F)c2)cn1. The summed E-state index contributed by atoms with van der Waals surface area (Å²) in [6, 6.07) is 1.01. The van der Waals surface area contributed by atoms with E-state index in [-0.39, 0.29) is 17.8 Å². The van der Waals surface area contributed by atoms with Crippen LogP contribution in [0.1, 0.15) is 28.9 Å². The highest BCUT2D eigenvalue weighted by atomic mass is 19.2. The second-order valence-electron chi connectivity index (χ2n) is 7.12. The lowest BCUT2D eigenvalue weighted by Crippen LogP contribution is -2.39. The zero-order valence-corrected chi connectivity index (χ0v) is 15.3. The topological polar surface area (TPSA) is 59.0 Å². The molecule has 2 N–H and O–H groups in total. The van der Waals surface area contributed by atoms with Gasteiger partial charge in [-0.25, -0.2) is 22.5 Å². The molecule has 0 saturated heterocycles.